The molecule has 0 bridgehead atoms. The van der Waals surface area contributed by atoms with E-state index >= 15 is 0 Å². The van der Waals surface area contributed by atoms with E-state index in [0.717, 1.165) is 24.4 Å². The van der Waals surface area contributed by atoms with E-state index < -0.39 is 0 Å². The fourth-order valence-electron chi connectivity index (χ4n) is 2.31. The molecule has 1 aromatic carbocycles. The number of hydrogen-bond donors (Lipinski definition) is 1. The largest absolute Gasteiger partial charge is 0.496 e. The van der Waals surface area contributed by atoms with Crippen LogP contribution in [0.2, 0.25) is 0 Å². The lowest BCUT2D eigenvalue weighted by Gasteiger charge is -2.25. The zero-order chi connectivity index (χ0) is 14.4. The molecule has 0 saturated carbocycles. The van der Waals surface area contributed by atoms with Gasteiger partial charge in [-0.05, 0) is 26.0 Å². The number of ether oxygens (including phenoxy) is 1. The van der Waals surface area contributed by atoms with E-state index in [4.69, 9.17) is 10.5 Å². The Morgan fingerprint density at radius 3 is 2.58 bits per heavy atom. The predicted octanol–water partition coefficient (Wildman–Crippen LogP) is 2.98. The number of aryl methyl sites for hydroxylation is 1. The molecule has 1 aromatic rings. The highest BCUT2D eigenvalue weighted by Gasteiger charge is 2.15. The lowest BCUT2D eigenvalue weighted by Crippen LogP contribution is -2.32. The third-order valence-electron chi connectivity index (χ3n) is 3.61. The Morgan fingerprint density at radius 2 is 2.00 bits per heavy atom. The highest BCUT2D eigenvalue weighted by Crippen LogP contribution is 2.25. The van der Waals surface area contributed by atoms with Gasteiger partial charge in [0.1, 0.15) is 5.75 Å². The van der Waals surface area contributed by atoms with Crippen molar-refractivity contribution in [3.8, 4) is 5.75 Å². The zero-order valence-electron chi connectivity index (χ0n) is 12.9. The Balaban J connectivity index is 2.71. The second-order valence-electron chi connectivity index (χ2n) is 5.59. The predicted molar refractivity (Wildman–Crippen MR) is 81.6 cm³/mol. The van der Waals surface area contributed by atoms with Gasteiger partial charge in [0.2, 0.25) is 0 Å². The SMILES string of the molecule is CCC(C)CN(C)CC(N)c1cc(C)ccc1OC. The fraction of sp³-hybridized carbons (Fsp3) is 0.625. The molecule has 0 aliphatic rings. The van der Waals surface area contributed by atoms with E-state index in [9.17, 15) is 0 Å². The molecule has 0 aliphatic heterocycles. The van der Waals surface area contributed by atoms with Crippen molar-refractivity contribution in [2.45, 2.75) is 33.2 Å². The second-order valence-corrected chi connectivity index (χ2v) is 5.59. The molecular formula is C16H28N2O. The second kappa shape index (κ2) is 7.51. The summed E-state index contributed by atoms with van der Waals surface area (Å²) in [6.07, 6.45) is 1.20. The van der Waals surface area contributed by atoms with Crippen molar-refractivity contribution in [1.29, 1.82) is 0 Å². The first kappa shape index (κ1) is 16.0. The van der Waals surface area contributed by atoms with Crippen LogP contribution in [0.15, 0.2) is 18.2 Å². The summed E-state index contributed by atoms with van der Waals surface area (Å²) in [4.78, 5) is 2.31. The van der Waals surface area contributed by atoms with Gasteiger partial charge in [-0.25, -0.2) is 0 Å². The summed E-state index contributed by atoms with van der Waals surface area (Å²) in [6, 6.07) is 6.17. The number of rotatable bonds is 7. The van der Waals surface area contributed by atoms with Gasteiger partial charge in [0.15, 0.2) is 0 Å². The molecule has 0 spiro atoms. The van der Waals surface area contributed by atoms with Crippen molar-refractivity contribution >= 4 is 0 Å². The third-order valence-corrected chi connectivity index (χ3v) is 3.61. The molecule has 0 saturated heterocycles. The van der Waals surface area contributed by atoms with E-state index in [-0.39, 0.29) is 6.04 Å². The lowest BCUT2D eigenvalue weighted by molar-refractivity contribution is 0.265. The maximum absolute atomic E-state index is 6.34. The maximum Gasteiger partial charge on any atom is 0.123 e. The van der Waals surface area contributed by atoms with Crippen LogP contribution in [0.5, 0.6) is 5.75 Å². The van der Waals surface area contributed by atoms with Gasteiger partial charge in [0.25, 0.3) is 0 Å². The van der Waals surface area contributed by atoms with Gasteiger partial charge in [0, 0.05) is 24.7 Å². The van der Waals surface area contributed by atoms with Crippen molar-refractivity contribution in [2.24, 2.45) is 11.7 Å². The van der Waals surface area contributed by atoms with Crippen LogP contribution in [0.1, 0.15) is 37.4 Å². The van der Waals surface area contributed by atoms with Gasteiger partial charge in [-0.15, -0.1) is 0 Å². The van der Waals surface area contributed by atoms with Gasteiger partial charge >= 0.3 is 0 Å². The highest BCUT2D eigenvalue weighted by molar-refractivity contribution is 5.39. The first-order valence-electron chi connectivity index (χ1n) is 7.06. The van der Waals surface area contributed by atoms with Gasteiger partial charge in [0.05, 0.1) is 7.11 Å². The average molecular weight is 264 g/mol. The Bertz CT molecular complexity index is 392. The molecule has 2 atom stereocenters. The summed E-state index contributed by atoms with van der Waals surface area (Å²) < 4.78 is 5.41. The molecule has 0 radical (unpaired) electrons. The topological polar surface area (TPSA) is 38.5 Å². The standard InChI is InChI=1S/C16H28N2O/c1-6-12(2)10-18(4)11-15(17)14-9-13(3)7-8-16(14)19-5/h7-9,12,15H,6,10-11,17H2,1-5H3. The van der Waals surface area contributed by atoms with Crippen LogP contribution >= 0.6 is 0 Å². The summed E-state index contributed by atoms with van der Waals surface area (Å²) in [7, 11) is 3.83. The van der Waals surface area contributed by atoms with Crippen molar-refractivity contribution in [2.75, 3.05) is 27.2 Å². The van der Waals surface area contributed by atoms with Gasteiger partial charge in [-0.1, -0.05) is 38.0 Å². The molecular weight excluding hydrogens is 236 g/mol. The van der Waals surface area contributed by atoms with E-state index in [1.54, 1.807) is 7.11 Å². The Kier molecular flexibility index (Phi) is 6.32. The number of hydrogen-bond acceptors (Lipinski definition) is 3. The van der Waals surface area contributed by atoms with Crippen LogP contribution in [-0.2, 0) is 0 Å². The summed E-state index contributed by atoms with van der Waals surface area (Å²) >= 11 is 0. The molecule has 2 unspecified atom stereocenters. The van der Waals surface area contributed by atoms with E-state index in [1.807, 2.05) is 6.07 Å². The van der Waals surface area contributed by atoms with Crippen molar-refractivity contribution in [3.05, 3.63) is 29.3 Å². The number of methoxy groups -OCH3 is 1. The minimum absolute atomic E-state index is 0.0103. The van der Waals surface area contributed by atoms with Gasteiger partial charge < -0.3 is 15.4 Å². The van der Waals surface area contributed by atoms with Crippen molar-refractivity contribution < 1.29 is 4.74 Å². The summed E-state index contributed by atoms with van der Waals surface area (Å²) in [6.45, 7) is 8.51. The minimum Gasteiger partial charge on any atom is -0.496 e. The molecule has 2 N–H and O–H groups in total. The van der Waals surface area contributed by atoms with E-state index in [0.29, 0.717) is 5.92 Å². The minimum atomic E-state index is -0.0103. The molecule has 3 nitrogen and oxygen atoms in total. The molecule has 0 fully saturated rings. The summed E-state index contributed by atoms with van der Waals surface area (Å²) in [5.74, 6) is 1.59. The number of likely N-dealkylation sites (N-methyl/N-ethyl adjacent to an activating group) is 1. The van der Waals surface area contributed by atoms with Crippen molar-refractivity contribution in [3.63, 3.8) is 0 Å². The van der Waals surface area contributed by atoms with Crippen LogP contribution in [0.25, 0.3) is 0 Å². The Labute approximate surface area is 117 Å². The molecule has 0 aliphatic carbocycles. The summed E-state index contributed by atoms with van der Waals surface area (Å²) in [5.41, 5.74) is 8.65. The highest BCUT2D eigenvalue weighted by atomic mass is 16.5. The number of nitrogens with zero attached hydrogens (tertiary/aromatic N) is 1. The van der Waals surface area contributed by atoms with Crippen LogP contribution in [-0.4, -0.2) is 32.1 Å². The van der Waals surface area contributed by atoms with E-state index in [1.165, 1.54) is 12.0 Å². The monoisotopic (exact) mass is 264 g/mol. The summed E-state index contributed by atoms with van der Waals surface area (Å²) in [5, 5.41) is 0. The number of nitrogens with two attached hydrogens (primary N) is 1. The Morgan fingerprint density at radius 1 is 1.32 bits per heavy atom. The molecule has 0 amide bonds. The first-order valence-corrected chi connectivity index (χ1v) is 7.06. The van der Waals surface area contributed by atoms with Crippen LogP contribution < -0.4 is 10.5 Å². The van der Waals surface area contributed by atoms with Crippen molar-refractivity contribution in [1.82, 2.24) is 4.90 Å². The maximum atomic E-state index is 6.34. The van der Waals surface area contributed by atoms with Crippen LogP contribution in [0.3, 0.4) is 0 Å². The third kappa shape index (κ3) is 4.84. The van der Waals surface area contributed by atoms with E-state index in [2.05, 4.69) is 44.9 Å². The molecule has 19 heavy (non-hydrogen) atoms. The average Bonchev–Trinajstić information content (AvgIpc) is 2.38. The molecule has 0 heterocycles. The lowest BCUT2D eigenvalue weighted by atomic mass is 10.0. The normalized spacial score (nSPS) is 14.5. The van der Waals surface area contributed by atoms with Gasteiger partial charge in [-0.2, -0.15) is 0 Å². The first-order chi connectivity index (χ1) is 8.97. The number of benzene rings is 1. The van der Waals surface area contributed by atoms with Crippen LogP contribution in [0, 0.1) is 12.8 Å². The Hall–Kier alpha value is -1.06. The van der Waals surface area contributed by atoms with Crippen LogP contribution in [0.4, 0.5) is 0 Å². The molecule has 108 valence electrons. The molecule has 1 rings (SSSR count). The fourth-order valence-corrected chi connectivity index (χ4v) is 2.31. The quantitative estimate of drug-likeness (QED) is 0.823. The zero-order valence-corrected chi connectivity index (χ0v) is 12.9. The van der Waals surface area contributed by atoms with Gasteiger partial charge in [-0.3, -0.25) is 0 Å². The molecule has 3 heteroatoms. The molecule has 0 aromatic heterocycles. The smallest absolute Gasteiger partial charge is 0.123 e.